The van der Waals surface area contributed by atoms with Crippen LogP contribution in [0.5, 0.6) is 0 Å². The minimum atomic E-state index is -0.807. The van der Waals surface area contributed by atoms with E-state index in [0.29, 0.717) is 19.1 Å². The zero-order chi connectivity index (χ0) is 11.5. The Labute approximate surface area is 91.6 Å². The van der Waals surface area contributed by atoms with E-state index >= 15 is 0 Å². The normalized spacial score (nSPS) is 21.7. The van der Waals surface area contributed by atoms with Crippen molar-refractivity contribution in [3.8, 4) is 0 Å². The maximum Gasteiger partial charge on any atom is 0.407 e. The molecule has 1 atom stereocenters. The van der Waals surface area contributed by atoms with Gasteiger partial charge in [0.2, 0.25) is 0 Å². The molecule has 1 aliphatic heterocycles. The predicted octanol–water partition coefficient (Wildman–Crippen LogP) is 1.76. The Kier molecular flexibility index (Phi) is 3.97. The lowest BCUT2D eigenvalue weighted by molar-refractivity contribution is 0.121. The Morgan fingerprint density at radius 3 is 2.60 bits per heavy atom. The van der Waals surface area contributed by atoms with E-state index in [-0.39, 0.29) is 5.41 Å². The van der Waals surface area contributed by atoms with Crippen LogP contribution in [0.2, 0.25) is 0 Å². The van der Waals surface area contributed by atoms with Crippen molar-refractivity contribution >= 4 is 6.09 Å². The molecule has 1 rings (SSSR count). The van der Waals surface area contributed by atoms with Crippen molar-refractivity contribution < 1.29 is 9.90 Å². The van der Waals surface area contributed by atoms with Gasteiger partial charge in [-0.25, -0.2) is 4.79 Å². The maximum atomic E-state index is 11.1. The summed E-state index contributed by atoms with van der Waals surface area (Å²) < 4.78 is 0. The van der Waals surface area contributed by atoms with E-state index in [2.05, 4.69) is 26.1 Å². The highest BCUT2D eigenvalue weighted by molar-refractivity contribution is 5.65. The van der Waals surface area contributed by atoms with Gasteiger partial charge in [0, 0.05) is 19.1 Å². The molecule has 0 bridgehead atoms. The second-order valence-electron chi connectivity index (χ2n) is 5.52. The lowest BCUT2D eigenvalue weighted by atomic mass is 9.96. The molecule has 1 saturated heterocycles. The first kappa shape index (κ1) is 12.3. The Hall–Kier alpha value is -0.770. The van der Waals surface area contributed by atoms with E-state index in [1.54, 1.807) is 0 Å². The topological polar surface area (TPSA) is 52.6 Å². The van der Waals surface area contributed by atoms with Crippen molar-refractivity contribution in [1.82, 2.24) is 10.2 Å². The fourth-order valence-electron chi connectivity index (χ4n) is 1.96. The van der Waals surface area contributed by atoms with Crippen LogP contribution in [0.1, 0.15) is 33.6 Å². The zero-order valence-corrected chi connectivity index (χ0v) is 9.92. The molecule has 1 fully saturated rings. The zero-order valence-electron chi connectivity index (χ0n) is 9.92. The van der Waals surface area contributed by atoms with E-state index < -0.39 is 6.09 Å². The highest BCUT2D eigenvalue weighted by atomic mass is 16.4. The van der Waals surface area contributed by atoms with E-state index in [1.165, 1.54) is 4.90 Å². The van der Waals surface area contributed by atoms with Crippen molar-refractivity contribution in [2.75, 3.05) is 19.6 Å². The smallest absolute Gasteiger partial charge is 0.407 e. The standard InChI is InChI=1S/C11H22N2O2/c1-11(2,3)8-13(10(14)15)7-9-5-4-6-12-9/h9,12H,4-8H2,1-3H3,(H,14,15)/t9-/m1/s1. The van der Waals surface area contributed by atoms with Gasteiger partial charge in [-0.15, -0.1) is 0 Å². The molecule has 0 radical (unpaired) electrons. The van der Waals surface area contributed by atoms with Crippen LogP contribution >= 0.6 is 0 Å². The van der Waals surface area contributed by atoms with Gasteiger partial charge in [0.1, 0.15) is 0 Å². The van der Waals surface area contributed by atoms with Crippen LogP contribution in [-0.4, -0.2) is 41.8 Å². The minimum absolute atomic E-state index is 0.0248. The van der Waals surface area contributed by atoms with Crippen LogP contribution in [0, 0.1) is 5.41 Å². The van der Waals surface area contributed by atoms with Crippen molar-refractivity contribution in [3.05, 3.63) is 0 Å². The number of hydrogen-bond donors (Lipinski definition) is 2. The fraction of sp³-hybridized carbons (Fsp3) is 0.909. The Balaban J connectivity index is 2.46. The third kappa shape index (κ3) is 4.51. The second kappa shape index (κ2) is 4.84. The lowest BCUT2D eigenvalue weighted by Gasteiger charge is -2.29. The molecule has 0 aromatic rings. The predicted molar refractivity (Wildman–Crippen MR) is 60.1 cm³/mol. The van der Waals surface area contributed by atoms with E-state index in [0.717, 1.165) is 19.4 Å². The summed E-state index contributed by atoms with van der Waals surface area (Å²) in [4.78, 5) is 12.6. The molecular weight excluding hydrogens is 192 g/mol. The number of amides is 1. The van der Waals surface area contributed by atoms with Crippen molar-refractivity contribution in [3.63, 3.8) is 0 Å². The largest absolute Gasteiger partial charge is 0.465 e. The molecule has 15 heavy (non-hydrogen) atoms. The van der Waals surface area contributed by atoms with Gasteiger partial charge < -0.3 is 15.3 Å². The SMILES string of the molecule is CC(C)(C)CN(C[C@H]1CCCN1)C(=O)O. The van der Waals surface area contributed by atoms with Crippen LogP contribution in [0.3, 0.4) is 0 Å². The molecule has 2 N–H and O–H groups in total. The van der Waals surface area contributed by atoms with Gasteiger partial charge in [0.05, 0.1) is 0 Å². The number of carboxylic acid groups (broad SMARTS) is 1. The molecule has 0 saturated carbocycles. The van der Waals surface area contributed by atoms with Gasteiger partial charge >= 0.3 is 6.09 Å². The number of nitrogens with one attached hydrogen (secondary N) is 1. The summed E-state index contributed by atoms with van der Waals surface area (Å²) in [7, 11) is 0. The summed E-state index contributed by atoms with van der Waals surface area (Å²) in [6.07, 6.45) is 1.44. The average Bonchev–Trinajstić information content (AvgIpc) is 2.52. The minimum Gasteiger partial charge on any atom is -0.465 e. The number of rotatable bonds is 3. The number of carbonyl (C=O) groups is 1. The molecule has 0 aliphatic carbocycles. The van der Waals surface area contributed by atoms with Gasteiger partial charge in [-0.05, 0) is 24.8 Å². The van der Waals surface area contributed by atoms with Gasteiger partial charge in [-0.2, -0.15) is 0 Å². The molecular formula is C11H22N2O2. The molecule has 1 heterocycles. The Morgan fingerprint density at radius 2 is 2.20 bits per heavy atom. The summed E-state index contributed by atoms with van der Waals surface area (Å²) in [6.45, 7) is 8.42. The summed E-state index contributed by atoms with van der Waals surface area (Å²) in [5.74, 6) is 0. The maximum absolute atomic E-state index is 11.1. The van der Waals surface area contributed by atoms with Gasteiger partial charge in [0.15, 0.2) is 0 Å². The molecule has 0 unspecified atom stereocenters. The first-order chi connectivity index (χ1) is 6.88. The Bertz CT molecular complexity index is 217. The molecule has 1 aliphatic rings. The third-order valence-electron chi connectivity index (χ3n) is 2.54. The van der Waals surface area contributed by atoms with Gasteiger partial charge in [-0.1, -0.05) is 20.8 Å². The molecule has 0 aromatic carbocycles. The highest BCUT2D eigenvalue weighted by Crippen LogP contribution is 2.16. The van der Waals surface area contributed by atoms with Gasteiger partial charge in [0.25, 0.3) is 0 Å². The summed E-state index contributed by atoms with van der Waals surface area (Å²) in [5.41, 5.74) is 0.0248. The van der Waals surface area contributed by atoms with Crippen molar-refractivity contribution in [2.45, 2.75) is 39.7 Å². The molecule has 4 heteroatoms. The van der Waals surface area contributed by atoms with Crippen LogP contribution in [-0.2, 0) is 0 Å². The van der Waals surface area contributed by atoms with Crippen LogP contribution in [0.25, 0.3) is 0 Å². The van der Waals surface area contributed by atoms with E-state index in [4.69, 9.17) is 5.11 Å². The average molecular weight is 214 g/mol. The first-order valence-corrected chi connectivity index (χ1v) is 5.60. The second-order valence-corrected chi connectivity index (χ2v) is 5.52. The van der Waals surface area contributed by atoms with Gasteiger partial charge in [-0.3, -0.25) is 0 Å². The first-order valence-electron chi connectivity index (χ1n) is 5.60. The summed E-state index contributed by atoms with van der Waals surface area (Å²) in [6, 6.07) is 0.350. The van der Waals surface area contributed by atoms with Crippen molar-refractivity contribution in [1.29, 1.82) is 0 Å². The van der Waals surface area contributed by atoms with Crippen LogP contribution < -0.4 is 5.32 Å². The molecule has 4 nitrogen and oxygen atoms in total. The molecule has 88 valence electrons. The Morgan fingerprint density at radius 1 is 1.53 bits per heavy atom. The number of hydrogen-bond acceptors (Lipinski definition) is 2. The quantitative estimate of drug-likeness (QED) is 0.752. The fourth-order valence-corrected chi connectivity index (χ4v) is 1.96. The van der Waals surface area contributed by atoms with Crippen molar-refractivity contribution in [2.24, 2.45) is 5.41 Å². The molecule has 0 spiro atoms. The number of nitrogens with zero attached hydrogens (tertiary/aromatic N) is 1. The molecule has 1 amide bonds. The summed E-state index contributed by atoms with van der Waals surface area (Å²) in [5, 5.41) is 12.4. The molecule has 0 aromatic heterocycles. The highest BCUT2D eigenvalue weighted by Gasteiger charge is 2.24. The van der Waals surface area contributed by atoms with Crippen LogP contribution in [0.4, 0.5) is 4.79 Å². The third-order valence-corrected chi connectivity index (χ3v) is 2.54. The summed E-state index contributed by atoms with van der Waals surface area (Å²) >= 11 is 0. The van der Waals surface area contributed by atoms with E-state index in [1.807, 2.05) is 0 Å². The lowest BCUT2D eigenvalue weighted by Crippen LogP contribution is -2.44. The van der Waals surface area contributed by atoms with E-state index in [9.17, 15) is 4.79 Å². The monoisotopic (exact) mass is 214 g/mol. The van der Waals surface area contributed by atoms with Crippen LogP contribution in [0.15, 0.2) is 0 Å².